The van der Waals surface area contributed by atoms with Gasteiger partial charge in [-0.05, 0) is 24.3 Å². The Morgan fingerprint density at radius 2 is 1.81 bits per heavy atom. The summed E-state index contributed by atoms with van der Waals surface area (Å²) < 4.78 is 25.8. The first-order valence-electron chi connectivity index (χ1n) is 4.59. The van der Waals surface area contributed by atoms with Gasteiger partial charge in [0.2, 0.25) is 0 Å². The van der Waals surface area contributed by atoms with Crippen LogP contribution in [0.4, 0.5) is 26.0 Å². The highest BCUT2D eigenvalue weighted by Crippen LogP contribution is 2.18. The molecule has 0 unspecified atom stereocenters. The zero-order valence-electron chi connectivity index (χ0n) is 8.24. The molecule has 0 amide bonds. The Bertz CT molecular complexity index is 497. The number of anilines is 3. The Kier molecular flexibility index (Phi) is 2.68. The molecule has 5 heteroatoms. The molecule has 0 atom stereocenters. The van der Waals surface area contributed by atoms with E-state index in [1.165, 1.54) is 0 Å². The summed E-state index contributed by atoms with van der Waals surface area (Å²) in [4.78, 5) is 3.60. The molecule has 1 aromatic heterocycles. The van der Waals surface area contributed by atoms with Crippen molar-refractivity contribution in [2.75, 3.05) is 11.1 Å². The van der Waals surface area contributed by atoms with Gasteiger partial charge in [-0.1, -0.05) is 0 Å². The minimum Gasteiger partial charge on any atom is -0.399 e. The van der Waals surface area contributed by atoms with Crippen LogP contribution in [0.1, 0.15) is 0 Å². The molecular formula is C11H9F2N3. The van der Waals surface area contributed by atoms with Gasteiger partial charge in [0, 0.05) is 17.4 Å². The molecule has 0 saturated carbocycles. The molecule has 0 aliphatic rings. The van der Waals surface area contributed by atoms with Gasteiger partial charge in [0.1, 0.15) is 5.82 Å². The van der Waals surface area contributed by atoms with Crippen LogP contribution in [0.15, 0.2) is 36.5 Å². The normalized spacial score (nSPS) is 10.1. The number of pyridine rings is 1. The number of hydrogen-bond acceptors (Lipinski definition) is 3. The minimum absolute atomic E-state index is 0.0221. The lowest BCUT2D eigenvalue weighted by Gasteiger charge is -2.06. The molecule has 3 nitrogen and oxygen atoms in total. The first-order chi connectivity index (χ1) is 7.65. The van der Waals surface area contributed by atoms with Crippen LogP contribution in [0.5, 0.6) is 0 Å². The van der Waals surface area contributed by atoms with Crippen molar-refractivity contribution >= 4 is 17.2 Å². The van der Waals surface area contributed by atoms with Crippen molar-refractivity contribution in [2.45, 2.75) is 0 Å². The lowest BCUT2D eigenvalue weighted by molar-refractivity contribution is 0.576. The molecule has 0 bridgehead atoms. The summed E-state index contributed by atoms with van der Waals surface area (Å²) in [5, 5.41) is 2.72. The largest absolute Gasteiger partial charge is 0.399 e. The number of aromatic nitrogens is 1. The molecule has 0 aliphatic carbocycles. The van der Waals surface area contributed by atoms with Gasteiger partial charge < -0.3 is 11.1 Å². The fourth-order valence-corrected chi connectivity index (χ4v) is 1.21. The smallest absolute Gasteiger partial charge is 0.168 e. The second kappa shape index (κ2) is 4.14. The topological polar surface area (TPSA) is 50.9 Å². The van der Waals surface area contributed by atoms with Crippen LogP contribution in [-0.4, -0.2) is 4.98 Å². The van der Waals surface area contributed by atoms with Gasteiger partial charge in [0.25, 0.3) is 0 Å². The highest BCUT2D eigenvalue weighted by atomic mass is 19.1. The number of nitrogens with two attached hydrogens (primary N) is 1. The van der Waals surface area contributed by atoms with Gasteiger partial charge in [-0.2, -0.15) is 0 Å². The van der Waals surface area contributed by atoms with Gasteiger partial charge in [0.05, 0.1) is 6.20 Å². The van der Waals surface area contributed by atoms with E-state index >= 15 is 0 Å². The van der Waals surface area contributed by atoms with E-state index in [-0.39, 0.29) is 5.82 Å². The molecule has 0 fully saturated rings. The molecule has 1 aromatic carbocycles. The third-order valence-corrected chi connectivity index (χ3v) is 1.98. The van der Waals surface area contributed by atoms with Gasteiger partial charge in [0.15, 0.2) is 11.6 Å². The molecule has 16 heavy (non-hydrogen) atoms. The quantitative estimate of drug-likeness (QED) is 0.766. The number of nitrogens with zero attached hydrogens (tertiary/aromatic N) is 1. The summed E-state index contributed by atoms with van der Waals surface area (Å²) in [7, 11) is 0. The average molecular weight is 221 g/mol. The van der Waals surface area contributed by atoms with Crippen LogP contribution in [0.3, 0.4) is 0 Å². The molecule has 1 heterocycles. The van der Waals surface area contributed by atoms with E-state index in [1.807, 2.05) is 0 Å². The van der Waals surface area contributed by atoms with Gasteiger partial charge in [-0.15, -0.1) is 0 Å². The number of hydrogen-bond donors (Lipinski definition) is 2. The van der Waals surface area contributed by atoms with E-state index in [4.69, 9.17) is 5.73 Å². The molecule has 82 valence electrons. The maximum atomic E-state index is 13.2. The Morgan fingerprint density at radius 3 is 2.44 bits per heavy atom. The molecule has 3 N–H and O–H groups in total. The van der Waals surface area contributed by atoms with E-state index < -0.39 is 11.6 Å². The average Bonchev–Trinajstić information content (AvgIpc) is 2.25. The molecule has 0 saturated heterocycles. The Balaban J connectivity index is 2.23. The van der Waals surface area contributed by atoms with Gasteiger partial charge in [-0.25, -0.2) is 13.8 Å². The van der Waals surface area contributed by atoms with E-state index in [1.54, 1.807) is 24.3 Å². The second-order valence-corrected chi connectivity index (χ2v) is 3.23. The van der Waals surface area contributed by atoms with Crippen molar-refractivity contribution < 1.29 is 8.78 Å². The van der Waals surface area contributed by atoms with Crippen molar-refractivity contribution in [3.05, 3.63) is 48.2 Å². The summed E-state index contributed by atoms with van der Waals surface area (Å²) in [6.07, 6.45) is 0.947. The highest BCUT2D eigenvalue weighted by Gasteiger charge is 2.05. The zero-order valence-corrected chi connectivity index (χ0v) is 8.24. The summed E-state index contributed by atoms with van der Waals surface area (Å²) in [5.74, 6) is -1.47. The lowest BCUT2D eigenvalue weighted by atomic mass is 10.3. The summed E-state index contributed by atoms with van der Waals surface area (Å²) >= 11 is 0. The van der Waals surface area contributed by atoms with Crippen molar-refractivity contribution in [2.24, 2.45) is 0 Å². The van der Waals surface area contributed by atoms with Gasteiger partial charge >= 0.3 is 0 Å². The maximum Gasteiger partial charge on any atom is 0.168 e. The molecule has 0 spiro atoms. The third-order valence-electron chi connectivity index (χ3n) is 1.98. The first kappa shape index (κ1) is 10.4. The standard InChI is InChI=1S/C11H9F2N3/c12-7-5-10(13)11(15-6-7)16-9-3-1-8(14)2-4-9/h1-6H,14H2,(H,15,16). The summed E-state index contributed by atoms with van der Waals surface area (Å²) in [6.45, 7) is 0. The summed E-state index contributed by atoms with van der Waals surface area (Å²) in [5.41, 5.74) is 6.74. The van der Waals surface area contributed by atoms with E-state index in [0.29, 0.717) is 11.4 Å². The number of halogens is 2. The number of nitrogen functional groups attached to an aromatic ring is 1. The Hall–Kier alpha value is -2.17. The van der Waals surface area contributed by atoms with Crippen molar-refractivity contribution in [1.29, 1.82) is 0 Å². The predicted octanol–water partition coefficient (Wildman–Crippen LogP) is 2.69. The zero-order chi connectivity index (χ0) is 11.5. The summed E-state index contributed by atoms with van der Waals surface area (Å²) in [6, 6.07) is 7.47. The monoisotopic (exact) mass is 221 g/mol. The molecule has 0 aliphatic heterocycles. The number of rotatable bonds is 2. The van der Waals surface area contributed by atoms with E-state index in [0.717, 1.165) is 12.3 Å². The third kappa shape index (κ3) is 2.25. The number of nitrogens with one attached hydrogen (secondary N) is 1. The van der Waals surface area contributed by atoms with Crippen LogP contribution < -0.4 is 11.1 Å². The van der Waals surface area contributed by atoms with Crippen molar-refractivity contribution in [1.82, 2.24) is 4.98 Å². The van der Waals surface area contributed by atoms with Crippen molar-refractivity contribution in [3.8, 4) is 0 Å². The van der Waals surface area contributed by atoms with Gasteiger partial charge in [-0.3, -0.25) is 0 Å². The Labute approximate surface area is 90.9 Å². The molecule has 0 radical (unpaired) electrons. The highest BCUT2D eigenvalue weighted by molar-refractivity contribution is 5.59. The maximum absolute atomic E-state index is 13.2. The van der Waals surface area contributed by atoms with Crippen LogP contribution in [0.2, 0.25) is 0 Å². The van der Waals surface area contributed by atoms with E-state index in [2.05, 4.69) is 10.3 Å². The van der Waals surface area contributed by atoms with Crippen LogP contribution in [0, 0.1) is 11.6 Å². The van der Waals surface area contributed by atoms with Crippen LogP contribution >= 0.6 is 0 Å². The van der Waals surface area contributed by atoms with Crippen LogP contribution in [-0.2, 0) is 0 Å². The van der Waals surface area contributed by atoms with Crippen molar-refractivity contribution in [3.63, 3.8) is 0 Å². The first-order valence-corrected chi connectivity index (χ1v) is 4.59. The molecular weight excluding hydrogens is 212 g/mol. The minimum atomic E-state index is -0.739. The Morgan fingerprint density at radius 1 is 1.12 bits per heavy atom. The lowest BCUT2D eigenvalue weighted by Crippen LogP contribution is -1.98. The predicted molar refractivity (Wildman–Crippen MR) is 58.3 cm³/mol. The SMILES string of the molecule is Nc1ccc(Nc2ncc(F)cc2F)cc1. The number of benzene rings is 1. The van der Waals surface area contributed by atoms with E-state index in [9.17, 15) is 8.78 Å². The fourth-order valence-electron chi connectivity index (χ4n) is 1.21. The van der Waals surface area contributed by atoms with Crippen LogP contribution in [0.25, 0.3) is 0 Å². The molecule has 2 rings (SSSR count). The molecule has 2 aromatic rings. The fraction of sp³-hybridized carbons (Fsp3) is 0. The second-order valence-electron chi connectivity index (χ2n) is 3.23.